The maximum atomic E-state index is 11.7. The van der Waals surface area contributed by atoms with E-state index in [-0.39, 0.29) is 12.3 Å². The fourth-order valence-electron chi connectivity index (χ4n) is 1.62. The highest BCUT2D eigenvalue weighted by molar-refractivity contribution is 6.30. The fourth-order valence-corrected chi connectivity index (χ4v) is 1.73. The number of aromatic nitrogens is 2. The number of halogens is 1. The zero-order chi connectivity index (χ0) is 13.7. The largest absolute Gasteiger partial charge is 0.345 e. The molecule has 0 saturated carbocycles. The van der Waals surface area contributed by atoms with E-state index in [2.05, 4.69) is 10.3 Å². The van der Waals surface area contributed by atoms with Gasteiger partial charge in [-0.25, -0.2) is 4.98 Å². The summed E-state index contributed by atoms with van der Waals surface area (Å²) in [5.41, 5.74) is 0.553. The van der Waals surface area contributed by atoms with Gasteiger partial charge in [0.2, 0.25) is 5.91 Å². The van der Waals surface area contributed by atoms with Crippen molar-refractivity contribution in [1.82, 2.24) is 9.55 Å². The summed E-state index contributed by atoms with van der Waals surface area (Å²) < 4.78 is 1.72. The summed E-state index contributed by atoms with van der Waals surface area (Å²) in [6.07, 6.45) is 4.25. The van der Waals surface area contributed by atoms with E-state index in [9.17, 15) is 9.59 Å². The van der Waals surface area contributed by atoms with Crippen molar-refractivity contribution in [2.24, 2.45) is 0 Å². The van der Waals surface area contributed by atoms with Crippen molar-refractivity contribution in [3.63, 3.8) is 0 Å². The van der Waals surface area contributed by atoms with Crippen LogP contribution in [0.2, 0.25) is 5.02 Å². The molecule has 0 bridgehead atoms. The molecular weight excluding hydrogens is 266 g/mol. The number of pyridine rings is 1. The van der Waals surface area contributed by atoms with Gasteiger partial charge in [0, 0.05) is 25.4 Å². The van der Waals surface area contributed by atoms with Crippen LogP contribution in [-0.2, 0) is 11.3 Å². The number of nitrogens with zero attached hydrogens (tertiary/aromatic N) is 2. The number of anilines is 1. The van der Waals surface area contributed by atoms with Gasteiger partial charge in [-0.15, -0.1) is 0 Å². The third-order valence-electron chi connectivity index (χ3n) is 2.56. The Morgan fingerprint density at radius 1 is 1.42 bits per heavy atom. The van der Waals surface area contributed by atoms with Gasteiger partial charge in [0.25, 0.3) is 0 Å². The highest BCUT2D eigenvalue weighted by Gasteiger charge is 2.05. The molecule has 0 saturated heterocycles. The minimum Gasteiger partial charge on any atom is -0.345 e. The Hall–Kier alpha value is -2.14. The van der Waals surface area contributed by atoms with Gasteiger partial charge in [-0.1, -0.05) is 11.6 Å². The molecule has 2 aromatic rings. The van der Waals surface area contributed by atoms with Crippen LogP contribution in [0.1, 0.15) is 16.9 Å². The lowest BCUT2D eigenvalue weighted by Gasteiger charge is -2.06. The molecule has 1 N–H and O–H groups in total. The molecule has 2 rings (SSSR count). The van der Waals surface area contributed by atoms with Crippen LogP contribution in [0.3, 0.4) is 0 Å². The first-order chi connectivity index (χ1) is 9.19. The Bertz CT molecular complexity index is 578. The van der Waals surface area contributed by atoms with E-state index in [4.69, 9.17) is 11.6 Å². The van der Waals surface area contributed by atoms with Crippen molar-refractivity contribution in [3.8, 4) is 0 Å². The molecule has 0 radical (unpaired) electrons. The highest BCUT2D eigenvalue weighted by atomic mass is 35.5. The van der Waals surface area contributed by atoms with Gasteiger partial charge in [0.15, 0.2) is 6.29 Å². The number of rotatable bonds is 5. The average Bonchev–Trinajstić information content (AvgIpc) is 2.86. The number of hydrogen-bond donors (Lipinski definition) is 1. The van der Waals surface area contributed by atoms with Gasteiger partial charge in [0.05, 0.1) is 10.7 Å². The molecule has 2 heterocycles. The number of carbonyl (C=O) groups is 2. The molecule has 5 nitrogen and oxygen atoms in total. The molecule has 0 spiro atoms. The van der Waals surface area contributed by atoms with Crippen molar-refractivity contribution >= 4 is 29.6 Å². The maximum absolute atomic E-state index is 11.7. The van der Waals surface area contributed by atoms with E-state index in [1.165, 1.54) is 6.20 Å². The van der Waals surface area contributed by atoms with Gasteiger partial charge < -0.3 is 9.88 Å². The van der Waals surface area contributed by atoms with Gasteiger partial charge in [0.1, 0.15) is 5.82 Å². The summed E-state index contributed by atoms with van der Waals surface area (Å²) >= 11 is 5.70. The Labute approximate surface area is 115 Å². The molecule has 0 atom stereocenters. The van der Waals surface area contributed by atoms with Crippen LogP contribution < -0.4 is 5.32 Å². The summed E-state index contributed by atoms with van der Waals surface area (Å²) in [5, 5.41) is 3.17. The summed E-state index contributed by atoms with van der Waals surface area (Å²) in [6.45, 7) is 0.445. The molecule has 1 amide bonds. The number of aryl methyl sites for hydroxylation is 1. The second kappa shape index (κ2) is 6.15. The summed E-state index contributed by atoms with van der Waals surface area (Å²) in [4.78, 5) is 26.4. The number of carbonyl (C=O) groups excluding carboxylic acids is 2. The molecule has 2 aromatic heterocycles. The molecule has 19 heavy (non-hydrogen) atoms. The van der Waals surface area contributed by atoms with Gasteiger partial charge >= 0.3 is 0 Å². The minimum atomic E-state index is -0.166. The van der Waals surface area contributed by atoms with Crippen LogP contribution in [0.15, 0.2) is 36.7 Å². The fraction of sp³-hybridized carbons (Fsp3) is 0.154. The van der Waals surface area contributed by atoms with Crippen LogP contribution in [0, 0.1) is 0 Å². The second-order valence-electron chi connectivity index (χ2n) is 3.90. The molecule has 0 aliphatic heterocycles. The molecule has 0 unspecified atom stereocenters. The molecular formula is C13H12ClN3O2. The summed E-state index contributed by atoms with van der Waals surface area (Å²) in [5.74, 6) is 0.290. The van der Waals surface area contributed by atoms with E-state index < -0.39 is 0 Å². The Kier molecular flexibility index (Phi) is 4.30. The standard InChI is InChI=1S/C13H12ClN3O2/c14-10-3-4-12(15-8-10)16-13(19)5-7-17-6-1-2-11(17)9-18/h1-4,6,8-9H,5,7H2,(H,15,16,19). The SMILES string of the molecule is O=Cc1cccn1CCC(=O)Nc1ccc(Cl)cn1. The van der Waals surface area contributed by atoms with Crippen molar-refractivity contribution in [2.75, 3.05) is 5.32 Å². The van der Waals surface area contributed by atoms with Crippen molar-refractivity contribution in [3.05, 3.63) is 47.4 Å². The smallest absolute Gasteiger partial charge is 0.227 e. The maximum Gasteiger partial charge on any atom is 0.227 e. The average molecular weight is 278 g/mol. The minimum absolute atomic E-state index is 0.166. The molecule has 0 aromatic carbocycles. The van der Waals surface area contributed by atoms with Crippen LogP contribution in [0.25, 0.3) is 0 Å². The first-order valence-electron chi connectivity index (χ1n) is 5.71. The van der Waals surface area contributed by atoms with Crippen LogP contribution >= 0.6 is 11.6 Å². The van der Waals surface area contributed by atoms with E-state index in [1.807, 2.05) is 0 Å². The quantitative estimate of drug-likeness (QED) is 0.854. The van der Waals surface area contributed by atoms with Crippen LogP contribution in [-0.4, -0.2) is 21.7 Å². The molecule has 0 aliphatic carbocycles. The molecule has 6 heteroatoms. The van der Waals surface area contributed by atoms with Gasteiger partial charge in [-0.3, -0.25) is 9.59 Å². The Morgan fingerprint density at radius 3 is 2.95 bits per heavy atom. The van der Waals surface area contributed by atoms with Gasteiger partial charge in [-0.05, 0) is 24.3 Å². The number of hydrogen-bond acceptors (Lipinski definition) is 3. The Balaban J connectivity index is 1.88. The van der Waals surface area contributed by atoms with Crippen molar-refractivity contribution in [2.45, 2.75) is 13.0 Å². The number of aldehydes is 1. The highest BCUT2D eigenvalue weighted by Crippen LogP contribution is 2.10. The summed E-state index contributed by atoms with van der Waals surface area (Å²) in [7, 11) is 0. The lowest BCUT2D eigenvalue weighted by Crippen LogP contribution is -2.15. The lowest BCUT2D eigenvalue weighted by atomic mass is 10.3. The lowest BCUT2D eigenvalue weighted by molar-refractivity contribution is -0.116. The number of amides is 1. The summed E-state index contributed by atoms with van der Waals surface area (Å²) in [6, 6.07) is 6.75. The van der Waals surface area contributed by atoms with Crippen molar-refractivity contribution < 1.29 is 9.59 Å². The van der Waals surface area contributed by atoms with E-state index in [1.54, 1.807) is 35.0 Å². The Morgan fingerprint density at radius 2 is 2.26 bits per heavy atom. The first kappa shape index (κ1) is 13.3. The first-order valence-corrected chi connectivity index (χ1v) is 6.08. The predicted molar refractivity (Wildman–Crippen MR) is 72.3 cm³/mol. The predicted octanol–water partition coefficient (Wildman–Crippen LogP) is 2.38. The van der Waals surface area contributed by atoms with Crippen LogP contribution in [0.5, 0.6) is 0 Å². The van der Waals surface area contributed by atoms with E-state index in [0.717, 1.165) is 6.29 Å². The normalized spacial score (nSPS) is 10.2. The zero-order valence-electron chi connectivity index (χ0n) is 10.0. The third-order valence-corrected chi connectivity index (χ3v) is 2.78. The van der Waals surface area contributed by atoms with E-state index >= 15 is 0 Å². The zero-order valence-corrected chi connectivity index (χ0v) is 10.8. The third kappa shape index (κ3) is 3.66. The molecule has 98 valence electrons. The van der Waals surface area contributed by atoms with Gasteiger partial charge in [-0.2, -0.15) is 0 Å². The van der Waals surface area contributed by atoms with Crippen molar-refractivity contribution in [1.29, 1.82) is 0 Å². The van der Waals surface area contributed by atoms with Crippen LogP contribution in [0.4, 0.5) is 5.82 Å². The second-order valence-corrected chi connectivity index (χ2v) is 4.34. The number of nitrogens with one attached hydrogen (secondary N) is 1. The molecule has 0 aliphatic rings. The monoisotopic (exact) mass is 277 g/mol. The van der Waals surface area contributed by atoms with E-state index in [0.29, 0.717) is 23.1 Å². The molecule has 0 fully saturated rings. The topological polar surface area (TPSA) is 64.0 Å².